The van der Waals surface area contributed by atoms with Crippen molar-refractivity contribution in [1.82, 2.24) is 15.2 Å². The van der Waals surface area contributed by atoms with E-state index in [0.29, 0.717) is 41.7 Å². The second kappa shape index (κ2) is 10.0. The number of rotatable bonds is 5. The molecule has 0 saturated carbocycles. The Hall–Kier alpha value is -4.12. The monoisotopic (exact) mass is 443 g/mol. The summed E-state index contributed by atoms with van der Waals surface area (Å²) in [5, 5.41) is 14.4. The van der Waals surface area contributed by atoms with Gasteiger partial charge in [-0.05, 0) is 61.1 Å². The van der Waals surface area contributed by atoms with E-state index in [1.54, 1.807) is 12.1 Å². The van der Waals surface area contributed by atoms with Crippen molar-refractivity contribution < 1.29 is 14.0 Å². The molecule has 4 rings (SSSR count). The quantitative estimate of drug-likeness (QED) is 0.614. The van der Waals surface area contributed by atoms with Gasteiger partial charge in [0.25, 0.3) is 5.91 Å². The largest absolute Gasteiger partial charge is 0.447 e. The maximum Gasteiger partial charge on any atom is 0.319 e. The van der Waals surface area contributed by atoms with Crippen molar-refractivity contribution in [3.63, 3.8) is 0 Å². The molecule has 8 heteroatoms. The van der Waals surface area contributed by atoms with E-state index >= 15 is 0 Å². The van der Waals surface area contributed by atoms with E-state index in [2.05, 4.69) is 21.7 Å². The lowest BCUT2D eigenvalue weighted by Gasteiger charge is -2.32. The van der Waals surface area contributed by atoms with Crippen molar-refractivity contribution in [2.24, 2.45) is 0 Å². The molecular weight excluding hydrogens is 418 g/mol. The van der Waals surface area contributed by atoms with Crippen LogP contribution in [0.4, 0.5) is 10.5 Å². The molecule has 2 heterocycles. The zero-order chi connectivity index (χ0) is 23.2. The Morgan fingerprint density at radius 3 is 2.61 bits per heavy atom. The molecule has 0 aliphatic carbocycles. The maximum absolute atomic E-state index is 13.1. The number of aromatic nitrogens is 1. The minimum atomic E-state index is -0.399. The molecule has 0 radical (unpaired) electrons. The highest BCUT2D eigenvalue weighted by Gasteiger charge is 2.25. The van der Waals surface area contributed by atoms with Crippen LogP contribution < -0.4 is 10.6 Å². The van der Waals surface area contributed by atoms with Gasteiger partial charge >= 0.3 is 6.03 Å². The van der Waals surface area contributed by atoms with Crippen LogP contribution in [0.1, 0.15) is 51.7 Å². The molecule has 168 valence electrons. The normalized spacial score (nSPS) is 13.9. The Kier molecular flexibility index (Phi) is 6.69. The first-order valence-electron chi connectivity index (χ1n) is 10.9. The lowest BCUT2D eigenvalue weighted by Crippen LogP contribution is -2.38. The van der Waals surface area contributed by atoms with Crippen molar-refractivity contribution >= 4 is 17.6 Å². The van der Waals surface area contributed by atoms with Gasteiger partial charge in [0.2, 0.25) is 5.89 Å². The summed E-state index contributed by atoms with van der Waals surface area (Å²) in [5.41, 5.74) is 3.84. The number of amides is 3. The summed E-state index contributed by atoms with van der Waals surface area (Å²) in [7, 11) is 0. The zero-order valence-electron chi connectivity index (χ0n) is 18.4. The molecule has 0 atom stereocenters. The van der Waals surface area contributed by atoms with Crippen LogP contribution in [0.2, 0.25) is 0 Å². The molecule has 2 aromatic carbocycles. The number of nitrogens with zero attached hydrogens (tertiary/aromatic N) is 3. The van der Waals surface area contributed by atoms with Gasteiger partial charge in [0, 0.05) is 24.3 Å². The van der Waals surface area contributed by atoms with E-state index in [9.17, 15) is 9.59 Å². The molecule has 33 heavy (non-hydrogen) atoms. The van der Waals surface area contributed by atoms with Crippen molar-refractivity contribution in [1.29, 1.82) is 5.26 Å². The van der Waals surface area contributed by atoms with E-state index in [1.807, 2.05) is 42.2 Å². The van der Waals surface area contributed by atoms with Crippen molar-refractivity contribution in [3.8, 4) is 6.07 Å². The summed E-state index contributed by atoms with van der Waals surface area (Å²) in [5.74, 6) is 0.746. The van der Waals surface area contributed by atoms with Crippen molar-refractivity contribution in [3.05, 3.63) is 83.1 Å². The van der Waals surface area contributed by atoms with Gasteiger partial charge in [-0.2, -0.15) is 5.26 Å². The van der Waals surface area contributed by atoms with Crippen molar-refractivity contribution in [2.75, 3.05) is 18.4 Å². The summed E-state index contributed by atoms with van der Waals surface area (Å²) in [4.78, 5) is 31.2. The van der Waals surface area contributed by atoms with Crippen LogP contribution in [-0.2, 0) is 6.54 Å². The van der Waals surface area contributed by atoms with E-state index in [4.69, 9.17) is 9.68 Å². The lowest BCUT2D eigenvalue weighted by atomic mass is 9.89. The van der Waals surface area contributed by atoms with Crippen LogP contribution in [0, 0.1) is 18.3 Å². The highest BCUT2D eigenvalue weighted by Crippen LogP contribution is 2.29. The van der Waals surface area contributed by atoms with Crippen molar-refractivity contribution in [2.45, 2.75) is 32.2 Å². The number of aryl methyl sites for hydroxylation is 1. The summed E-state index contributed by atoms with van der Waals surface area (Å²) in [6.45, 7) is 3.37. The minimum Gasteiger partial charge on any atom is -0.447 e. The van der Waals surface area contributed by atoms with Crippen LogP contribution in [0.3, 0.4) is 0 Å². The molecule has 0 unspecified atom stereocenters. The van der Waals surface area contributed by atoms with Crippen LogP contribution in [0.15, 0.2) is 59.3 Å². The predicted octanol–water partition coefficient (Wildman–Crippen LogP) is 4.20. The number of urea groups is 1. The third kappa shape index (κ3) is 5.39. The first-order valence-corrected chi connectivity index (χ1v) is 10.9. The fourth-order valence-electron chi connectivity index (χ4n) is 3.98. The van der Waals surface area contributed by atoms with Crippen LogP contribution in [0.25, 0.3) is 0 Å². The number of oxazole rings is 1. The molecule has 1 saturated heterocycles. The summed E-state index contributed by atoms with van der Waals surface area (Å²) >= 11 is 0. The smallest absolute Gasteiger partial charge is 0.319 e. The second-order valence-corrected chi connectivity index (χ2v) is 8.06. The van der Waals surface area contributed by atoms with Gasteiger partial charge in [-0.3, -0.25) is 4.79 Å². The molecule has 3 amide bonds. The van der Waals surface area contributed by atoms with Gasteiger partial charge < -0.3 is 20.0 Å². The van der Waals surface area contributed by atoms with Gasteiger partial charge in [0.05, 0.1) is 24.4 Å². The lowest BCUT2D eigenvalue weighted by molar-refractivity contribution is 0.0713. The van der Waals surface area contributed by atoms with Gasteiger partial charge in [-0.25, -0.2) is 9.78 Å². The predicted molar refractivity (Wildman–Crippen MR) is 123 cm³/mol. The number of likely N-dealkylation sites (tertiary alicyclic amines) is 1. The molecular formula is C25H25N5O3. The molecule has 0 bridgehead atoms. The first-order chi connectivity index (χ1) is 16.0. The van der Waals surface area contributed by atoms with Gasteiger partial charge in [-0.1, -0.05) is 18.2 Å². The number of nitrogens with one attached hydrogen (secondary N) is 2. The standard InChI is InChI=1S/C25H25N5O3/c1-17-2-5-21(14-22(17)29-25(32)28-16-23-27-10-13-33-23)24(31)30-11-8-20(9-12-30)19-6-3-18(15-26)4-7-19/h2-7,10,13-14,20H,8-9,11-12,16H2,1H3,(H2,28,29,32). The molecule has 1 fully saturated rings. The second-order valence-electron chi connectivity index (χ2n) is 8.06. The van der Waals surface area contributed by atoms with Crippen LogP contribution in [-0.4, -0.2) is 34.9 Å². The highest BCUT2D eigenvalue weighted by molar-refractivity contribution is 5.97. The Morgan fingerprint density at radius 2 is 1.94 bits per heavy atom. The average molecular weight is 444 g/mol. The third-order valence-corrected chi connectivity index (χ3v) is 5.91. The first kappa shape index (κ1) is 22.1. The minimum absolute atomic E-state index is 0.0449. The number of hydrogen-bond acceptors (Lipinski definition) is 5. The summed E-state index contributed by atoms with van der Waals surface area (Å²) in [6, 6.07) is 14.8. The Morgan fingerprint density at radius 1 is 1.18 bits per heavy atom. The molecule has 0 spiro atoms. The number of carbonyl (C=O) groups excluding carboxylic acids is 2. The fourth-order valence-corrected chi connectivity index (χ4v) is 3.98. The van der Waals surface area contributed by atoms with Gasteiger partial charge in [-0.15, -0.1) is 0 Å². The molecule has 1 aliphatic rings. The molecule has 3 aromatic rings. The SMILES string of the molecule is Cc1ccc(C(=O)N2CCC(c3ccc(C#N)cc3)CC2)cc1NC(=O)NCc1ncco1. The number of carbonyl (C=O) groups is 2. The number of anilines is 1. The molecule has 8 nitrogen and oxygen atoms in total. The van der Waals surface area contributed by atoms with Crippen LogP contribution in [0.5, 0.6) is 0 Å². The fraction of sp³-hybridized carbons (Fsp3) is 0.280. The van der Waals surface area contributed by atoms with E-state index in [1.165, 1.54) is 18.0 Å². The topological polar surface area (TPSA) is 111 Å². The molecule has 1 aromatic heterocycles. The highest BCUT2D eigenvalue weighted by atomic mass is 16.3. The van der Waals surface area contributed by atoms with E-state index < -0.39 is 6.03 Å². The molecule has 2 N–H and O–H groups in total. The Bertz CT molecular complexity index is 1160. The van der Waals surface area contributed by atoms with E-state index in [0.717, 1.165) is 18.4 Å². The van der Waals surface area contributed by atoms with Gasteiger partial charge in [0.1, 0.15) is 6.26 Å². The number of piperidine rings is 1. The Balaban J connectivity index is 1.35. The Labute approximate surface area is 192 Å². The zero-order valence-corrected chi connectivity index (χ0v) is 18.4. The molecule has 1 aliphatic heterocycles. The maximum atomic E-state index is 13.1. The number of benzene rings is 2. The number of hydrogen-bond donors (Lipinski definition) is 2. The number of nitriles is 1. The van der Waals surface area contributed by atoms with Gasteiger partial charge in [0.15, 0.2) is 0 Å². The van der Waals surface area contributed by atoms with E-state index in [-0.39, 0.29) is 12.5 Å². The summed E-state index contributed by atoms with van der Waals surface area (Å²) in [6.07, 6.45) is 4.71. The third-order valence-electron chi connectivity index (χ3n) is 5.91. The summed E-state index contributed by atoms with van der Waals surface area (Å²) < 4.78 is 5.11. The van der Waals surface area contributed by atoms with Crippen LogP contribution >= 0.6 is 0 Å². The average Bonchev–Trinajstić information content (AvgIpc) is 3.38.